The molecule has 24 heavy (non-hydrogen) atoms. The Morgan fingerprint density at radius 1 is 1.17 bits per heavy atom. The lowest BCUT2D eigenvalue weighted by Gasteiger charge is -2.33. The van der Waals surface area contributed by atoms with Crippen molar-refractivity contribution in [2.24, 2.45) is 5.41 Å². The normalized spacial score (nSPS) is 12.0. The second-order valence-electron chi connectivity index (χ2n) is 7.55. The number of anilines is 1. The van der Waals surface area contributed by atoms with Gasteiger partial charge in [-0.15, -0.1) is 0 Å². The first kappa shape index (κ1) is 19.3. The van der Waals surface area contributed by atoms with E-state index >= 15 is 0 Å². The lowest BCUT2D eigenvalue weighted by Crippen LogP contribution is -2.39. The predicted octanol–water partition coefficient (Wildman–Crippen LogP) is 3.71. The molecule has 0 aromatic heterocycles. The Balaban J connectivity index is 2.88. The maximum absolute atomic E-state index is 12.3. The van der Waals surface area contributed by atoms with Gasteiger partial charge in [0.2, 0.25) is 0 Å². The molecule has 0 heterocycles. The zero-order valence-electron chi connectivity index (χ0n) is 14.9. The van der Waals surface area contributed by atoms with Crippen molar-refractivity contribution >= 4 is 11.6 Å². The largest absolute Gasteiger partial charge is 0.385 e. The molecule has 0 aliphatic carbocycles. The molecule has 0 aliphatic heterocycles. The lowest BCUT2D eigenvalue weighted by molar-refractivity contribution is -0.112. The van der Waals surface area contributed by atoms with Crippen LogP contribution in [0.4, 0.5) is 5.69 Å². The van der Waals surface area contributed by atoms with Crippen molar-refractivity contribution in [1.82, 2.24) is 5.32 Å². The molecule has 0 atom stereocenters. The van der Waals surface area contributed by atoms with Crippen LogP contribution >= 0.6 is 0 Å². The lowest BCUT2D eigenvalue weighted by atomic mass is 9.82. The van der Waals surface area contributed by atoms with Crippen LogP contribution in [0.25, 0.3) is 0 Å². The monoisotopic (exact) mass is 324 g/mol. The molecule has 1 aromatic carbocycles. The quantitative estimate of drug-likeness (QED) is 0.638. The fraction of sp³-hybridized carbons (Fsp3) is 0.421. The van der Waals surface area contributed by atoms with Gasteiger partial charge in [0.1, 0.15) is 17.7 Å². The molecule has 0 bridgehead atoms. The second kappa shape index (κ2) is 7.66. The third-order valence-electron chi connectivity index (χ3n) is 3.24. The summed E-state index contributed by atoms with van der Waals surface area (Å²) >= 11 is 0. The van der Waals surface area contributed by atoms with E-state index in [-0.39, 0.29) is 16.5 Å². The van der Waals surface area contributed by atoms with Crippen LogP contribution in [0.1, 0.15) is 46.6 Å². The highest BCUT2D eigenvalue weighted by molar-refractivity contribution is 6.07. The standard InChI is InChI=1S/C19H24N4O/c1-18(2,3)13-19(4,5)22-12-15(11-21)17(24)23-16-9-7-6-8-14(16)10-20/h6-9,12,22H,13H2,1-5H3,(H,23,24)/b15-12-. The number of benzene rings is 1. The highest BCUT2D eigenvalue weighted by Gasteiger charge is 2.24. The van der Waals surface area contributed by atoms with Gasteiger partial charge in [0.05, 0.1) is 11.3 Å². The van der Waals surface area contributed by atoms with Crippen molar-refractivity contribution < 1.29 is 4.79 Å². The van der Waals surface area contributed by atoms with E-state index in [0.29, 0.717) is 11.3 Å². The highest BCUT2D eigenvalue weighted by Crippen LogP contribution is 2.26. The Morgan fingerprint density at radius 2 is 1.79 bits per heavy atom. The molecular weight excluding hydrogens is 300 g/mol. The average Bonchev–Trinajstić information content (AvgIpc) is 2.45. The number of amides is 1. The molecule has 0 saturated carbocycles. The van der Waals surface area contributed by atoms with Crippen molar-refractivity contribution in [2.45, 2.75) is 46.6 Å². The van der Waals surface area contributed by atoms with E-state index in [2.05, 4.69) is 31.4 Å². The number of hydrogen-bond acceptors (Lipinski definition) is 4. The van der Waals surface area contributed by atoms with Crippen molar-refractivity contribution in [1.29, 1.82) is 10.5 Å². The van der Waals surface area contributed by atoms with Crippen molar-refractivity contribution in [3.63, 3.8) is 0 Å². The number of hydrogen-bond donors (Lipinski definition) is 2. The molecule has 1 rings (SSSR count). The summed E-state index contributed by atoms with van der Waals surface area (Å²) < 4.78 is 0. The van der Waals surface area contributed by atoms with Gasteiger partial charge in [-0.2, -0.15) is 10.5 Å². The molecule has 0 saturated heterocycles. The minimum Gasteiger partial charge on any atom is -0.385 e. The van der Waals surface area contributed by atoms with Crippen LogP contribution in [0, 0.1) is 28.1 Å². The van der Waals surface area contributed by atoms with E-state index in [1.807, 2.05) is 26.0 Å². The van der Waals surface area contributed by atoms with Crippen LogP contribution in [0.15, 0.2) is 36.0 Å². The van der Waals surface area contributed by atoms with Gasteiger partial charge >= 0.3 is 0 Å². The summed E-state index contributed by atoms with van der Waals surface area (Å²) in [6, 6.07) is 10.6. The first-order valence-corrected chi connectivity index (χ1v) is 7.76. The van der Waals surface area contributed by atoms with Crippen LogP contribution in [0.3, 0.4) is 0 Å². The highest BCUT2D eigenvalue weighted by atomic mass is 16.1. The number of para-hydroxylation sites is 1. The van der Waals surface area contributed by atoms with Crippen LogP contribution in [0.5, 0.6) is 0 Å². The maximum Gasteiger partial charge on any atom is 0.267 e. The Hall–Kier alpha value is -2.79. The molecule has 126 valence electrons. The molecule has 5 heteroatoms. The van der Waals surface area contributed by atoms with E-state index in [9.17, 15) is 10.1 Å². The van der Waals surface area contributed by atoms with E-state index in [1.54, 1.807) is 24.3 Å². The SMILES string of the molecule is CC(C)(C)CC(C)(C)N/C=C(/C#N)C(=O)Nc1ccccc1C#N. The van der Waals surface area contributed by atoms with Crippen molar-refractivity contribution in [2.75, 3.05) is 5.32 Å². The van der Waals surface area contributed by atoms with Crippen LogP contribution in [-0.2, 0) is 4.79 Å². The molecule has 5 nitrogen and oxygen atoms in total. The Kier molecular flexibility index (Phi) is 6.14. The summed E-state index contributed by atoms with van der Waals surface area (Å²) in [7, 11) is 0. The Bertz CT molecular complexity index is 712. The van der Waals surface area contributed by atoms with Gasteiger partial charge in [-0.1, -0.05) is 32.9 Å². The van der Waals surface area contributed by atoms with Crippen LogP contribution in [-0.4, -0.2) is 11.4 Å². The number of nitriles is 2. The Labute approximate surface area is 144 Å². The molecule has 1 amide bonds. The number of rotatable bonds is 5. The van der Waals surface area contributed by atoms with Crippen LogP contribution in [0.2, 0.25) is 0 Å². The molecule has 0 spiro atoms. The van der Waals surface area contributed by atoms with Crippen molar-refractivity contribution in [3.05, 3.63) is 41.6 Å². The molecule has 2 N–H and O–H groups in total. The van der Waals surface area contributed by atoms with Gasteiger partial charge in [0, 0.05) is 11.7 Å². The first-order valence-electron chi connectivity index (χ1n) is 7.76. The number of nitrogens with zero attached hydrogens (tertiary/aromatic N) is 2. The van der Waals surface area contributed by atoms with E-state index in [0.717, 1.165) is 6.42 Å². The van der Waals surface area contributed by atoms with Gasteiger partial charge < -0.3 is 10.6 Å². The summed E-state index contributed by atoms with van der Waals surface area (Å²) in [5.74, 6) is -0.542. The minimum atomic E-state index is -0.542. The fourth-order valence-corrected chi connectivity index (χ4v) is 2.67. The summed E-state index contributed by atoms with van der Waals surface area (Å²) in [6.07, 6.45) is 2.31. The molecule has 1 aromatic rings. The van der Waals surface area contributed by atoms with E-state index in [4.69, 9.17) is 5.26 Å². The molecule has 0 radical (unpaired) electrons. The topological polar surface area (TPSA) is 88.7 Å². The van der Waals surface area contributed by atoms with Crippen LogP contribution < -0.4 is 10.6 Å². The smallest absolute Gasteiger partial charge is 0.267 e. The van der Waals surface area contributed by atoms with Gasteiger partial charge in [0.15, 0.2) is 0 Å². The zero-order valence-corrected chi connectivity index (χ0v) is 14.9. The van der Waals surface area contributed by atoms with Gasteiger partial charge in [0.25, 0.3) is 5.91 Å². The number of carbonyl (C=O) groups is 1. The Morgan fingerprint density at radius 3 is 2.33 bits per heavy atom. The third-order valence-corrected chi connectivity index (χ3v) is 3.24. The summed E-state index contributed by atoms with van der Waals surface area (Å²) in [5.41, 5.74) is 0.560. The predicted molar refractivity (Wildman–Crippen MR) is 94.8 cm³/mol. The minimum absolute atomic E-state index is 0.0373. The maximum atomic E-state index is 12.3. The summed E-state index contributed by atoms with van der Waals surface area (Å²) in [4.78, 5) is 12.3. The summed E-state index contributed by atoms with van der Waals surface area (Å²) in [6.45, 7) is 10.4. The van der Waals surface area contributed by atoms with Gasteiger partial charge in [-0.25, -0.2) is 0 Å². The molecule has 0 aliphatic rings. The molecule has 0 unspecified atom stereocenters. The van der Waals surface area contributed by atoms with E-state index < -0.39 is 5.91 Å². The number of nitrogens with one attached hydrogen (secondary N) is 2. The van der Waals surface area contributed by atoms with Gasteiger partial charge in [-0.05, 0) is 37.8 Å². The fourth-order valence-electron chi connectivity index (χ4n) is 2.67. The molecule has 0 fully saturated rings. The van der Waals surface area contributed by atoms with Crippen molar-refractivity contribution in [3.8, 4) is 12.1 Å². The van der Waals surface area contributed by atoms with Gasteiger partial charge in [-0.3, -0.25) is 4.79 Å². The number of carbonyl (C=O) groups excluding carboxylic acids is 1. The second-order valence-corrected chi connectivity index (χ2v) is 7.55. The average molecular weight is 324 g/mol. The third kappa shape index (κ3) is 6.14. The summed E-state index contributed by atoms with van der Waals surface area (Å²) in [5, 5.41) is 24.1. The zero-order chi connectivity index (χ0) is 18.4. The first-order chi connectivity index (χ1) is 11.1. The molecular formula is C19H24N4O. The van der Waals surface area contributed by atoms with E-state index in [1.165, 1.54) is 6.20 Å².